The molecule has 2 unspecified atom stereocenters. The van der Waals surface area contributed by atoms with E-state index in [0.29, 0.717) is 51.3 Å². The summed E-state index contributed by atoms with van der Waals surface area (Å²) in [4.78, 5) is 49.3. The molecular formula is C31H36BrN3O5S. The third-order valence-electron chi connectivity index (χ3n) is 9.20. The molecule has 2 aliphatic carbocycles. The quantitative estimate of drug-likeness (QED) is 0.418. The number of carboxylic acids is 1. The number of carbonyl (C=O) groups is 3. The van der Waals surface area contributed by atoms with Crippen molar-refractivity contribution in [2.45, 2.75) is 70.9 Å². The summed E-state index contributed by atoms with van der Waals surface area (Å²) in [5.74, 6) is -1.26. The summed E-state index contributed by atoms with van der Waals surface area (Å²) in [5.41, 5.74) is 2.90. The molecule has 0 radical (unpaired) electrons. The van der Waals surface area contributed by atoms with Gasteiger partial charge in [-0.1, -0.05) is 34.8 Å². The van der Waals surface area contributed by atoms with E-state index in [1.165, 1.54) is 0 Å². The smallest absolute Gasteiger partial charge is 0.307 e. The van der Waals surface area contributed by atoms with Crippen LogP contribution in [-0.4, -0.2) is 57.3 Å². The van der Waals surface area contributed by atoms with Crippen molar-refractivity contribution in [3.05, 3.63) is 55.5 Å². The Morgan fingerprint density at radius 2 is 1.98 bits per heavy atom. The average Bonchev–Trinajstić information content (AvgIpc) is 3.54. The third-order valence-corrected chi connectivity index (χ3v) is 10.8. The fourth-order valence-electron chi connectivity index (χ4n) is 7.20. The first-order valence-electron chi connectivity index (χ1n) is 14.7. The number of allylic oxidation sites excluding steroid dienone is 1. The maximum atomic E-state index is 14.3. The minimum atomic E-state index is -0.895. The van der Waals surface area contributed by atoms with Crippen LogP contribution in [0.15, 0.2) is 34.5 Å². The Labute approximate surface area is 252 Å². The Bertz CT molecular complexity index is 1390. The molecule has 41 heavy (non-hydrogen) atoms. The Morgan fingerprint density at radius 3 is 2.71 bits per heavy atom. The minimum absolute atomic E-state index is 0.0611. The van der Waals surface area contributed by atoms with Gasteiger partial charge in [-0.3, -0.25) is 14.4 Å². The Balaban J connectivity index is 1.37. The van der Waals surface area contributed by atoms with E-state index in [2.05, 4.69) is 27.0 Å². The summed E-state index contributed by atoms with van der Waals surface area (Å²) >= 11 is 5.33. The molecule has 2 aromatic rings. The van der Waals surface area contributed by atoms with E-state index in [1.54, 1.807) is 11.3 Å². The van der Waals surface area contributed by atoms with Crippen molar-refractivity contribution in [1.29, 1.82) is 0 Å². The standard InChI is InChI=1S/C31H36BrN3O5S/c1-18-14-33-27(41-18)17-40-26-11-10-24(32)23-12-13-35(30(37)21-8-4-5-9-22(21)31(38)39)25(28(23)26)16-34-15-19-6-2-3-7-20(19)29(34)36/h7,10-11,14,19,21-22,25H,2-6,8-9,12-13,15-17H2,1H3,(H,38,39)/t19?,21?,22-,25-/m1/s1. The van der Waals surface area contributed by atoms with E-state index >= 15 is 0 Å². The number of aromatic nitrogens is 1. The molecule has 8 nitrogen and oxygen atoms in total. The lowest BCUT2D eigenvalue weighted by Crippen LogP contribution is -2.50. The lowest BCUT2D eigenvalue weighted by molar-refractivity contribution is -0.154. The first-order chi connectivity index (χ1) is 19.8. The van der Waals surface area contributed by atoms with Crippen LogP contribution in [0.25, 0.3) is 0 Å². The molecule has 3 heterocycles. The predicted octanol–water partition coefficient (Wildman–Crippen LogP) is 5.68. The number of hydrogen-bond donors (Lipinski definition) is 1. The summed E-state index contributed by atoms with van der Waals surface area (Å²) in [7, 11) is 0. The number of halogens is 1. The molecule has 0 bridgehead atoms. The molecule has 4 aliphatic rings. The van der Waals surface area contributed by atoms with Crippen molar-refractivity contribution in [3.63, 3.8) is 0 Å². The van der Waals surface area contributed by atoms with Crippen LogP contribution in [0, 0.1) is 24.7 Å². The SMILES string of the molecule is Cc1cnc(COc2ccc(Br)c3c2[C@@H](CN2CC4CCCC=C4C2=O)N(C(=O)C2CCCC[C@H]2C(=O)O)CC3)s1. The second-order valence-corrected chi connectivity index (χ2v) is 13.9. The van der Waals surface area contributed by atoms with Gasteiger partial charge in [-0.05, 0) is 63.1 Å². The molecule has 1 saturated heterocycles. The highest BCUT2D eigenvalue weighted by Crippen LogP contribution is 2.44. The normalized spacial score (nSPS) is 25.9. The zero-order chi connectivity index (χ0) is 28.7. The Kier molecular flexibility index (Phi) is 8.23. The van der Waals surface area contributed by atoms with Crippen LogP contribution in [0.4, 0.5) is 0 Å². The Hall–Kier alpha value is -2.72. The highest BCUT2D eigenvalue weighted by Gasteiger charge is 2.45. The minimum Gasteiger partial charge on any atom is -0.486 e. The topological polar surface area (TPSA) is 100 Å². The van der Waals surface area contributed by atoms with Gasteiger partial charge in [-0.25, -0.2) is 4.98 Å². The van der Waals surface area contributed by atoms with Gasteiger partial charge in [-0.15, -0.1) is 11.3 Å². The third kappa shape index (κ3) is 5.57. The first-order valence-corrected chi connectivity index (χ1v) is 16.3. The molecule has 4 atom stereocenters. The van der Waals surface area contributed by atoms with Crippen LogP contribution in [-0.2, 0) is 27.4 Å². The van der Waals surface area contributed by atoms with Gasteiger partial charge in [0.15, 0.2) is 0 Å². The molecular weight excluding hydrogens is 606 g/mol. The van der Waals surface area contributed by atoms with E-state index in [-0.39, 0.29) is 17.7 Å². The zero-order valence-electron chi connectivity index (χ0n) is 23.3. The summed E-state index contributed by atoms with van der Waals surface area (Å²) in [5, 5.41) is 10.8. The van der Waals surface area contributed by atoms with Gasteiger partial charge < -0.3 is 19.6 Å². The number of fused-ring (bicyclic) bond motifs is 2. The number of rotatable bonds is 7. The van der Waals surface area contributed by atoms with Crippen molar-refractivity contribution < 1.29 is 24.2 Å². The molecule has 2 fully saturated rings. The van der Waals surface area contributed by atoms with Gasteiger partial charge >= 0.3 is 5.97 Å². The monoisotopic (exact) mass is 641 g/mol. The summed E-state index contributed by atoms with van der Waals surface area (Å²) in [6.07, 6.45) is 10.4. The molecule has 0 spiro atoms. The summed E-state index contributed by atoms with van der Waals surface area (Å²) in [6, 6.07) is 3.48. The number of thiazole rings is 1. The molecule has 2 aliphatic heterocycles. The fourth-order valence-corrected chi connectivity index (χ4v) is 8.44. The molecule has 1 aromatic heterocycles. The van der Waals surface area contributed by atoms with Gasteiger partial charge in [0.2, 0.25) is 11.8 Å². The number of amides is 2. The summed E-state index contributed by atoms with van der Waals surface area (Å²) in [6.45, 7) is 3.81. The van der Waals surface area contributed by atoms with Crippen LogP contribution in [0.3, 0.4) is 0 Å². The van der Waals surface area contributed by atoms with Crippen molar-refractivity contribution in [2.75, 3.05) is 19.6 Å². The van der Waals surface area contributed by atoms with Crippen LogP contribution >= 0.6 is 27.3 Å². The van der Waals surface area contributed by atoms with Crippen LogP contribution < -0.4 is 4.74 Å². The lowest BCUT2D eigenvalue weighted by atomic mass is 9.77. The number of carbonyl (C=O) groups excluding carboxylic acids is 2. The van der Waals surface area contributed by atoms with E-state index in [0.717, 1.165) is 63.2 Å². The lowest BCUT2D eigenvalue weighted by Gasteiger charge is -2.43. The average molecular weight is 643 g/mol. The maximum Gasteiger partial charge on any atom is 0.307 e. The van der Waals surface area contributed by atoms with Crippen LogP contribution in [0.2, 0.25) is 0 Å². The van der Waals surface area contributed by atoms with E-state index in [4.69, 9.17) is 4.74 Å². The predicted molar refractivity (Wildman–Crippen MR) is 159 cm³/mol. The highest BCUT2D eigenvalue weighted by atomic mass is 79.9. The molecule has 1 aromatic carbocycles. The molecule has 6 rings (SSSR count). The van der Waals surface area contributed by atoms with Gasteiger partial charge in [-0.2, -0.15) is 0 Å². The van der Waals surface area contributed by atoms with Crippen molar-refractivity contribution in [3.8, 4) is 5.75 Å². The van der Waals surface area contributed by atoms with Gasteiger partial charge in [0.25, 0.3) is 0 Å². The number of ether oxygens (including phenoxy) is 1. The van der Waals surface area contributed by atoms with Crippen LogP contribution in [0.5, 0.6) is 5.75 Å². The molecule has 2 amide bonds. The highest BCUT2D eigenvalue weighted by molar-refractivity contribution is 9.10. The van der Waals surface area contributed by atoms with E-state index in [9.17, 15) is 19.5 Å². The van der Waals surface area contributed by atoms with E-state index < -0.39 is 23.8 Å². The van der Waals surface area contributed by atoms with Crippen LogP contribution in [0.1, 0.15) is 72.0 Å². The second-order valence-electron chi connectivity index (χ2n) is 11.7. The number of likely N-dealkylation sites (tertiary alicyclic amines) is 1. The second kappa shape index (κ2) is 11.9. The maximum absolute atomic E-state index is 14.3. The first kappa shape index (κ1) is 28.4. The van der Waals surface area contributed by atoms with Gasteiger partial charge in [0.05, 0.1) is 17.9 Å². The van der Waals surface area contributed by atoms with E-state index in [1.807, 2.05) is 35.1 Å². The molecule has 218 valence electrons. The Morgan fingerprint density at radius 1 is 1.17 bits per heavy atom. The fraction of sp³-hybridized carbons (Fsp3) is 0.548. The molecule has 1 saturated carbocycles. The molecule has 1 N–H and O–H groups in total. The van der Waals surface area contributed by atoms with Gasteiger partial charge in [0.1, 0.15) is 17.4 Å². The zero-order valence-corrected chi connectivity index (χ0v) is 25.7. The number of hydrogen-bond acceptors (Lipinski definition) is 6. The summed E-state index contributed by atoms with van der Waals surface area (Å²) < 4.78 is 7.34. The number of aryl methyl sites for hydroxylation is 1. The number of benzene rings is 1. The number of nitrogens with zero attached hydrogens (tertiary/aromatic N) is 3. The number of carboxylic acid groups (broad SMARTS) is 1. The largest absolute Gasteiger partial charge is 0.486 e. The van der Waals surface area contributed by atoms with Crippen molar-refractivity contribution in [2.24, 2.45) is 17.8 Å². The van der Waals surface area contributed by atoms with Crippen molar-refractivity contribution >= 4 is 45.1 Å². The molecule has 10 heteroatoms. The number of aliphatic carboxylic acids is 1. The van der Waals surface area contributed by atoms with Crippen molar-refractivity contribution in [1.82, 2.24) is 14.8 Å². The van der Waals surface area contributed by atoms with Gasteiger partial charge in [0, 0.05) is 52.2 Å².